The van der Waals surface area contributed by atoms with E-state index >= 15 is 0 Å². The summed E-state index contributed by atoms with van der Waals surface area (Å²) < 4.78 is 0. The van der Waals surface area contributed by atoms with Crippen LogP contribution in [-0.4, -0.2) is 17.4 Å². The molecule has 1 unspecified atom stereocenters. The Morgan fingerprint density at radius 2 is 2.47 bits per heavy atom. The lowest BCUT2D eigenvalue weighted by atomic mass is 10.0. The molecule has 0 aliphatic carbocycles. The van der Waals surface area contributed by atoms with Crippen LogP contribution in [0.1, 0.15) is 19.8 Å². The number of rotatable bonds is 5. The molecule has 4 heteroatoms. The third-order valence-electron chi connectivity index (χ3n) is 2.22. The smallest absolute Gasteiger partial charge is 0.228 e. The first kappa shape index (κ1) is 11.7. The Balaban J connectivity index is 2.54. The quantitative estimate of drug-likeness (QED) is 0.766. The molecule has 0 saturated carbocycles. The van der Waals surface area contributed by atoms with E-state index in [9.17, 15) is 4.79 Å². The minimum atomic E-state index is -0.102. The maximum absolute atomic E-state index is 11.7. The van der Waals surface area contributed by atoms with Crippen molar-refractivity contribution in [2.75, 3.05) is 11.9 Å². The molecule has 0 aromatic carbocycles. The molecule has 82 valence electrons. The molecule has 1 amide bonds. The fourth-order valence-corrected chi connectivity index (χ4v) is 1.39. The molecule has 1 rings (SSSR count). The van der Waals surface area contributed by atoms with E-state index in [0.717, 1.165) is 18.5 Å². The number of nitrogens with two attached hydrogens (primary N) is 1. The van der Waals surface area contributed by atoms with E-state index in [1.54, 1.807) is 18.5 Å². The van der Waals surface area contributed by atoms with Gasteiger partial charge in [-0.25, -0.2) is 0 Å². The second-order valence-corrected chi connectivity index (χ2v) is 3.45. The Labute approximate surface area is 89.9 Å². The van der Waals surface area contributed by atoms with Crippen LogP contribution in [0.25, 0.3) is 0 Å². The van der Waals surface area contributed by atoms with Crippen LogP contribution in [0, 0.1) is 5.92 Å². The van der Waals surface area contributed by atoms with E-state index in [1.807, 2.05) is 13.0 Å². The molecular weight excluding hydrogens is 190 g/mol. The minimum Gasteiger partial charge on any atom is -0.330 e. The number of nitrogens with zero attached hydrogens (tertiary/aromatic N) is 1. The summed E-state index contributed by atoms with van der Waals surface area (Å²) in [5, 5.41) is 2.80. The number of nitrogens with one attached hydrogen (secondary N) is 1. The summed E-state index contributed by atoms with van der Waals surface area (Å²) in [6.45, 7) is 2.43. The van der Waals surface area contributed by atoms with Crippen LogP contribution in [0.4, 0.5) is 5.69 Å². The standard InChI is InChI=1S/C11H17N3O/c1-2-4-9(7-12)11(15)14-10-5-3-6-13-8-10/h3,5-6,8-9H,2,4,7,12H2,1H3,(H,14,15). The molecule has 0 bridgehead atoms. The first-order valence-electron chi connectivity index (χ1n) is 5.19. The van der Waals surface area contributed by atoms with Crippen molar-refractivity contribution in [2.24, 2.45) is 11.7 Å². The third kappa shape index (κ3) is 3.67. The first-order chi connectivity index (χ1) is 7.27. The van der Waals surface area contributed by atoms with Crippen LogP contribution >= 0.6 is 0 Å². The monoisotopic (exact) mass is 207 g/mol. The van der Waals surface area contributed by atoms with E-state index in [1.165, 1.54) is 0 Å². The van der Waals surface area contributed by atoms with Crippen molar-refractivity contribution in [3.8, 4) is 0 Å². The van der Waals surface area contributed by atoms with Crippen LogP contribution in [0.3, 0.4) is 0 Å². The molecule has 3 N–H and O–H groups in total. The molecule has 0 aliphatic rings. The van der Waals surface area contributed by atoms with Crippen molar-refractivity contribution in [3.05, 3.63) is 24.5 Å². The summed E-state index contributed by atoms with van der Waals surface area (Å²) in [4.78, 5) is 15.6. The molecule has 0 aliphatic heterocycles. The van der Waals surface area contributed by atoms with Gasteiger partial charge in [0.2, 0.25) is 5.91 Å². The summed E-state index contributed by atoms with van der Waals surface area (Å²) in [7, 11) is 0. The average molecular weight is 207 g/mol. The highest BCUT2D eigenvalue weighted by atomic mass is 16.1. The second-order valence-electron chi connectivity index (χ2n) is 3.45. The zero-order chi connectivity index (χ0) is 11.1. The van der Waals surface area contributed by atoms with Gasteiger partial charge in [-0.2, -0.15) is 0 Å². The second kappa shape index (κ2) is 6.14. The number of hydrogen-bond donors (Lipinski definition) is 2. The predicted molar refractivity (Wildman–Crippen MR) is 60.3 cm³/mol. The summed E-state index contributed by atoms with van der Waals surface area (Å²) >= 11 is 0. The Morgan fingerprint density at radius 1 is 1.67 bits per heavy atom. The third-order valence-corrected chi connectivity index (χ3v) is 2.22. The summed E-state index contributed by atoms with van der Waals surface area (Å²) in [6.07, 6.45) is 5.07. The van der Waals surface area contributed by atoms with Gasteiger partial charge < -0.3 is 11.1 Å². The van der Waals surface area contributed by atoms with E-state index in [-0.39, 0.29) is 11.8 Å². The molecule has 0 spiro atoms. The fourth-order valence-electron chi connectivity index (χ4n) is 1.39. The lowest BCUT2D eigenvalue weighted by Gasteiger charge is -2.13. The van der Waals surface area contributed by atoms with Crippen LogP contribution in [0.5, 0.6) is 0 Å². The van der Waals surface area contributed by atoms with E-state index < -0.39 is 0 Å². The van der Waals surface area contributed by atoms with Crippen LogP contribution in [0.2, 0.25) is 0 Å². The maximum Gasteiger partial charge on any atom is 0.228 e. The van der Waals surface area contributed by atoms with Gasteiger partial charge in [0.25, 0.3) is 0 Å². The van der Waals surface area contributed by atoms with Crippen molar-refractivity contribution < 1.29 is 4.79 Å². The highest BCUT2D eigenvalue weighted by Gasteiger charge is 2.15. The average Bonchev–Trinajstić information content (AvgIpc) is 2.27. The van der Waals surface area contributed by atoms with Crippen LogP contribution in [-0.2, 0) is 4.79 Å². The van der Waals surface area contributed by atoms with E-state index in [4.69, 9.17) is 5.73 Å². The molecule has 1 aromatic rings. The highest BCUT2D eigenvalue weighted by molar-refractivity contribution is 5.92. The molecule has 0 fully saturated rings. The number of amides is 1. The van der Waals surface area contributed by atoms with Gasteiger partial charge in [0, 0.05) is 12.7 Å². The number of anilines is 1. The lowest BCUT2D eigenvalue weighted by Crippen LogP contribution is -2.29. The largest absolute Gasteiger partial charge is 0.330 e. The summed E-state index contributed by atoms with van der Waals surface area (Å²) in [5.41, 5.74) is 6.26. The first-order valence-corrected chi connectivity index (χ1v) is 5.19. The van der Waals surface area contributed by atoms with E-state index in [2.05, 4.69) is 10.3 Å². The fraction of sp³-hybridized carbons (Fsp3) is 0.455. The van der Waals surface area contributed by atoms with Gasteiger partial charge in [0.1, 0.15) is 0 Å². The number of carbonyl (C=O) groups is 1. The summed E-state index contributed by atoms with van der Waals surface area (Å²) in [5.74, 6) is -0.123. The zero-order valence-corrected chi connectivity index (χ0v) is 8.94. The van der Waals surface area contributed by atoms with Crippen molar-refractivity contribution in [3.63, 3.8) is 0 Å². The molecule has 1 aromatic heterocycles. The van der Waals surface area contributed by atoms with Gasteiger partial charge in [-0.3, -0.25) is 9.78 Å². The molecular formula is C11H17N3O. The van der Waals surface area contributed by atoms with Crippen molar-refractivity contribution >= 4 is 11.6 Å². The molecule has 1 heterocycles. The van der Waals surface area contributed by atoms with Gasteiger partial charge >= 0.3 is 0 Å². The Morgan fingerprint density at radius 3 is 3.00 bits per heavy atom. The van der Waals surface area contributed by atoms with Crippen molar-refractivity contribution in [1.29, 1.82) is 0 Å². The Kier molecular flexibility index (Phi) is 4.77. The topological polar surface area (TPSA) is 68.0 Å². The number of hydrogen-bond acceptors (Lipinski definition) is 3. The minimum absolute atomic E-state index is 0.0210. The molecule has 15 heavy (non-hydrogen) atoms. The predicted octanol–water partition coefficient (Wildman–Crippen LogP) is 1.40. The zero-order valence-electron chi connectivity index (χ0n) is 8.94. The number of aromatic nitrogens is 1. The Bertz CT molecular complexity index is 300. The van der Waals surface area contributed by atoms with Gasteiger partial charge in [-0.1, -0.05) is 13.3 Å². The normalized spacial score (nSPS) is 12.1. The van der Waals surface area contributed by atoms with Crippen LogP contribution < -0.4 is 11.1 Å². The van der Waals surface area contributed by atoms with Gasteiger partial charge in [-0.15, -0.1) is 0 Å². The SMILES string of the molecule is CCCC(CN)C(=O)Nc1cccnc1. The molecule has 0 radical (unpaired) electrons. The van der Waals surface area contributed by atoms with Crippen LogP contribution in [0.15, 0.2) is 24.5 Å². The Hall–Kier alpha value is -1.42. The van der Waals surface area contributed by atoms with Gasteiger partial charge in [0.15, 0.2) is 0 Å². The highest BCUT2D eigenvalue weighted by Crippen LogP contribution is 2.09. The number of carbonyl (C=O) groups excluding carboxylic acids is 1. The summed E-state index contributed by atoms with van der Waals surface area (Å²) in [6, 6.07) is 3.59. The molecule has 0 saturated heterocycles. The van der Waals surface area contributed by atoms with Crippen molar-refractivity contribution in [2.45, 2.75) is 19.8 Å². The molecule has 1 atom stereocenters. The van der Waals surface area contributed by atoms with Gasteiger partial charge in [0.05, 0.1) is 17.8 Å². The lowest BCUT2D eigenvalue weighted by molar-refractivity contribution is -0.119. The van der Waals surface area contributed by atoms with Gasteiger partial charge in [-0.05, 0) is 18.6 Å². The number of pyridine rings is 1. The van der Waals surface area contributed by atoms with Crippen molar-refractivity contribution in [1.82, 2.24) is 4.98 Å². The van der Waals surface area contributed by atoms with E-state index in [0.29, 0.717) is 6.54 Å². The molecule has 4 nitrogen and oxygen atoms in total. The maximum atomic E-state index is 11.7.